The lowest BCUT2D eigenvalue weighted by Crippen LogP contribution is -2.55. The first-order valence-electron chi connectivity index (χ1n) is 14.2. The SMILES string of the molecule is C[C@H]1C[C@H](c2ccncc2NC(=O)c2ccc(F)c(Br)n2)C[C@H](O[Si](C)(C)C(C)(C)C)[C@H]1O[Si](C)(C)C(C)(C)C. The van der Waals surface area contributed by atoms with E-state index >= 15 is 0 Å². The Morgan fingerprint density at radius 3 is 2.17 bits per heavy atom. The summed E-state index contributed by atoms with van der Waals surface area (Å²) in [6, 6.07) is 4.59. The van der Waals surface area contributed by atoms with Crippen LogP contribution in [0.25, 0.3) is 0 Å². The average Bonchev–Trinajstić information content (AvgIpc) is 2.81. The van der Waals surface area contributed by atoms with Crippen LogP contribution < -0.4 is 5.32 Å². The first kappa shape index (κ1) is 33.0. The molecule has 0 unspecified atom stereocenters. The largest absolute Gasteiger partial charge is 0.411 e. The van der Waals surface area contributed by atoms with E-state index in [0.29, 0.717) is 5.69 Å². The van der Waals surface area contributed by atoms with Crippen molar-refractivity contribution in [3.05, 3.63) is 52.3 Å². The fourth-order valence-corrected chi connectivity index (χ4v) is 7.77. The van der Waals surface area contributed by atoms with Crippen LogP contribution in [0.1, 0.15) is 83.3 Å². The number of hydrogen-bond acceptors (Lipinski definition) is 5. The number of nitrogens with one attached hydrogen (secondary N) is 1. The lowest BCUT2D eigenvalue weighted by molar-refractivity contribution is -0.0304. The van der Waals surface area contributed by atoms with Gasteiger partial charge in [0.05, 0.1) is 24.1 Å². The molecule has 222 valence electrons. The van der Waals surface area contributed by atoms with Crippen molar-refractivity contribution in [1.29, 1.82) is 0 Å². The number of carbonyl (C=O) groups excluding carboxylic acids is 1. The Morgan fingerprint density at radius 1 is 1.00 bits per heavy atom. The molecule has 2 aromatic rings. The standard InChI is InChI=1S/C30H47BrFN3O3Si2/c1-19-16-20(21-14-15-33-18-24(21)35-28(36)23-13-12-22(32)27(31)34-23)17-25(37-39(8,9)29(2,3)4)26(19)38-40(10,11)30(5,6)7/h12-15,18-20,25-26H,16-17H2,1-11H3,(H,35,36)/t19-,20-,25-,26-/m0/s1. The maximum atomic E-state index is 13.7. The number of pyridine rings is 2. The summed E-state index contributed by atoms with van der Waals surface area (Å²) < 4.78 is 27.9. The summed E-state index contributed by atoms with van der Waals surface area (Å²) in [5.41, 5.74) is 1.79. The molecule has 2 heterocycles. The second-order valence-corrected chi connectivity index (χ2v) is 24.6. The van der Waals surface area contributed by atoms with E-state index in [1.807, 2.05) is 6.07 Å². The molecule has 1 amide bonds. The molecule has 40 heavy (non-hydrogen) atoms. The van der Waals surface area contributed by atoms with Gasteiger partial charge in [-0.1, -0.05) is 48.5 Å². The maximum absolute atomic E-state index is 13.7. The van der Waals surface area contributed by atoms with Crippen molar-refractivity contribution in [2.45, 2.75) is 116 Å². The van der Waals surface area contributed by atoms with Crippen molar-refractivity contribution >= 4 is 44.2 Å². The third-order valence-electron chi connectivity index (χ3n) is 9.17. The van der Waals surface area contributed by atoms with Gasteiger partial charge < -0.3 is 14.2 Å². The molecule has 6 nitrogen and oxygen atoms in total. The Morgan fingerprint density at radius 2 is 1.60 bits per heavy atom. The summed E-state index contributed by atoms with van der Waals surface area (Å²) in [4.78, 5) is 21.4. The van der Waals surface area contributed by atoms with Gasteiger partial charge in [-0.2, -0.15) is 0 Å². The van der Waals surface area contributed by atoms with Crippen LogP contribution in [0, 0.1) is 11.7 Å². The summed E-state index contributed by atoms with van der Waals surface area (Å²) in [7, 11) is -4.15. The number of anilines is 1. The molecule has 0 aromatic carbocycles. The highest BCUT2D eigenvalue weighted by Crippen LogP contribution is 2.47. The third-order valence-corrected chi connectivity index (χ3v) is 18.7. The number of carbonyl (C=O) groups is 1. The molecule has 1 aliphatic carbocycles. The summed E-state index contributed by atoms with van der Waals surface area (Å²) >= 11 is 3.07. The highest BCUT2D eigenvalue weighted by molar-refractivity contribution is 9.10. The van der Waals surface area contributed by atoms with E-state index in [1.54, 1.807) is 12.4 Å². The molecule has 0 spiro atoms. The molecule has 4 atom stereocenters. The number of nitrogens with zero attached hydrogens (tertiary/aromatic N) is 2. The van der Waals surface area contributed by atoms with E-state index in [4.69, 9.17) is 8.85 Å². The van der Waals surface area contributed by atoms with E-state index in [-0.39, 0.29) is 44.4 Å². The van der Waals surface area contributed by atoms with Crippen LogP contribution in [0.3, 0.4) is 0 Å². The first-order chi connectivity index (χ1) is 18.2. The van der Waals surface area contributed by atoms with Crippen LogP contribution in [0.4, 0.5) is 10.1 Å². The molecular weight excluding hydrogens is 605 g/mol. The van der Waals surface area contributed by atoms with Crippen LogP contribution >= 0.6 is 15.9 Å². The molecule has 1 fully saturated rings. The molecule has 1 N–H and O–H groups in total. The van der Waals surface area contributed by atoms with E-state index < -0.39 is 28.4 Å². The van der Waals surface area contributed by atoms with Crippen molar-refractivity contribution < 1.29 is 18.0 Å². The zero-order chi connectivity index (χ0) is 30.3. The third kappa shape index (κ3) is 7.48. The molecule has 0 radical (unpaired) electrons. The van der Waals surface area contributed by atoms with Gasteiger partial charge in [0, 0.05) is 6.20 Å². The van der Waals surface area contributed by atoms with Crippen molar-refractivity contribution in [3.8, 4) is 0 Å². The topological polar surface area (TPSA) is 73.3 Å². The molecule has 0 bridgehead atoms. The minimum Gasteiger partial charge on any atom is -0.411 e. The van der Waals surface area contributed by atoms with Gasteiger partial charge in [0.15, 0.2) is 22.5 Å². The van der Waals surface area contributed by atoms with Crippen LogP contribution in [0.2, 0.25) is 36.3 Å². The highest BCUT2D eigenvalue weighted by atomic mass is 79.9. The minimum absolute atomic E-state index is 0.00561. The van der Waals surface area contributed by atoms with Crippen LogP contribution in [0.15, 0.2) is 35.2 Å². The number of rotatable bonds is 7. The molecule has 1 saturated carbocycles. The van der Waals surface area contributed by atoms with E-state index in [9.17, 15) is 9.18 Å². The van der Waals surface area contributed by atoms with E-state index in [0.717, 1.165) is 18.4 Å². The Balaban J connectivity index is 1.94. The monoisotopic (exact) mass is 651 g/mol. The van der Waals surface area contributed by atoms with Gasteiger partial charge in [-0.3, -0.25) is 9.78 Å². The van der Waals surface area contributed by atoms with Gasteiger partial charge in [-0.15, -0.1) is 0 Å². The Hall–Kier alpha value is -1.47. The molecule has 0 aliphatic heterocycles. The summed E-state index contributed by atoms with van der Waals surface area (Å²) in [5, 5.41) is 3.14. The van der Waals surface area contributed by atoms with Crippen LogP contribution in [-0.4, -0.2) is 44.7 Å². The summed E-state index contributed by atoms with van der Waals surface area (Å²) in [6.07, 6.45) is 5.10. The number of hydrogen-bond donors (Lipinski definition) is 1. The Kier molecular flexibility index (Phi) is 9.94. The molecule has 3 rings (SSSR count). The predicted octanol–water partition coefficient (Wildman–Crippen LogP) is 8.92. The molecule has 0 saturated heterocycles. The Bertz CT molecular complexity index is 1210. The first-order valence-corrected chi connectivity index (χ1v) is 20.8. The van der Waals surface area contributed by atoms with Gasteiger partial charge in [0.25, 0.3) is 5.91 Å². The van der Waals surface area contributed by atoms with Crippen molar-refractivity contribution in [2.75, 3.05) is 5.32 Å². The van der Waals surface area contributed by atoms with Gasteiger partial charge in [-0.25, -0.2) is 9.37 Å². The van der Waals surface area contributed by atoms with E-state index in [2.05, 4.69) is 106 Å². The van der Waals surface area contributed by atoms with Gasteiger partial charge in [-0.05, 0) is 101 Å². The number of aromatic nitrogens is 2. The predicted molar refractivity (Wildman–Crippen MR) is 169 cm³/mol. The quantitative estimate of drug-likeness (QED) is 0.239. The zero-order valence-corrected chi connectivity index (χ0v) is 29.6. The van der Waals surface area contributed by atoms with Crippen molar-refractivity contribution in [1.82, 2.24) is 9.97 Å². The number of amides is 1. The highest BCUT2D eigenvalue weighted by Gasteiger charge is 2.48. The Labute approximate surface area is 250 Å². The van der Waals surface area contributed by atoms with Gasteiger partial charge in [0.2, 0.25) is 0 Å². The summed E-state index contributed by atoms with van der Waals surface area (Å²) in [5.74, 6) is -0.520. The lowest BCUT2D eigenvalue weighted by Gasteiger charge is -2.50. The van der Waals surface area contributed by atoms with Crippen molar-refractivity contribution in [3.63, 3.8) is 0 Å². The zero-order valence-electron chi connectivity index (χ0n) is 26.0. The molecule has 2 aromatic heterocycles. The minimum atomic E-state index is -2.10. The second-order valence-electron chi connectivity index (χ2n) is 14.3. The molecular formula is C30H47BrFN3O3Si2. The van der Waals surface area contributed by atoms with Gasteiger partial charge in [0.1, 0.15) is 10.3 Å². The van der Waals surface area contributed by atoms with Gasteiger partial charge >= 0.3 is 0 Å². The molecule has 1 aliphatic rings. The van der Waals surface area contributed by atoms with Crippen molar-refractivity contribution in [2.24, 2.45) is 5.92 Å². The number of halogens is 2. The maximum Gasteiger partial charge on any atom is 0.274 e. The normalized spacial score (nSPS) is 22.7. The molecule has 10 heteroatoms. The van der Waals surface area contributed by atoms with Crippen LogP contribution in [-0.2, 0) is 8.85 Å². The average molecular weight is 653 g/mol. The second kappa shape index (κ2) is 12.0. The fourth-order valence-electron chi connectivity index (χ4n) is 4.69. The fraction of sp³-hybridized carbons (Fsp3) is 0.633. The van der Waals surface area contributed by atoms with Crippen LogP contribution in [0.5, 0.6) is 0 Å². The van der Waals surface area contributed by atoms with E-state index in [1.165, 1.54) is 12.1 Å². The lowest BCUT2D eigenvalue weighted by atomic mass is 9.75. The summed E-state index contributed by atoms with van der Waals surface area (Å²) in [6.45, 7) is 25.1. The smallest absolute Gasteiger partial charge is 0.274 e.